The van der Waals surface area contributed by atoms with Gasteiger partial charge in [-0.05, 0) is 55.5 Å². The van der Waals surface area contributed by atoms with E-state index in [-0.39, 0.29) is 0 Å². The molecule has 0 fully saturated rings. The van der Waals surface area contributed by atoms with E-state index in [4.69, 9.17) is 4.74 Å². The first-order valence-electron chi connectivity index (χ1n) is 9.38. The number of aryl methyl sites for hydroxylation is 1. The minimum atomic E-state index is -4.62. The van der Waals surface area contributed by atoms with Gasteiger partial charge in [0.25, 0.3) is 5.91 Å². The van der Waals surface area contributed by atoms with Gasteiger partial charge in [0, 0.05) is 17.5 Å². The number of carbonyl (C=O) groups excluding carboxylic acids is 1. The molecule has 0 radical (unpaired) electrons. The summed E-state index contributed by atoms with van der Waals surface area (Å²) >= 11 is 0. The Morgan fingerprint density at radius 3 is 2.42 bits per heavy atom. The molecule has 1 amide bonds. The van der Waals surface area contributed by atoms with Crippen molar-refractivity contribution in [2.75, 3.05) is 12.4 Å². The number of benzene rings is 2. The van der Waals surface area contributed by atoms with Gasteiger partial charge in [0.2, 0.25) is 0 Å². The summed E-state index contributed by atoms with van der Waals surface area (Å²) in [6.07, 6.45) is -2.98. The minimum absolute atomic E-state index is 0.358. The largest absolute Gasteiger partial charge is 0.497 e. The average molecular weight is 425 g/mol. The number of alkyl halides is 3. The molecule has 2 heterocycles. The van der Waals surface area contributed by atoms with Gasteiger partial charge in [-0.3, -0.25) is 4.79 Å². The van der Waals surface area contributed by atoms with E-state index >= 15 is 0 Å². The molecule has 4 rings (SSSR count). The maximum atomic E-state index is 13.2. The Hall–Kier alpha value is -3.81. The Balaban J connectivity index is 1.66. The second kappa shape index (κ2) is 7.79. The van der Waals surface area contributed by atoms with Gasteiger partial charge in [0.1, 0.15) is 11.4 Å². The van der Waals surface area contributed by atoms with Crippen LogP contribution in [0.3, 0.4) is 0 Å². The predicted molar refractivity (Wildman–Crippen MR) is 111 cm³/mol. The Morgan fingerprint density at radius 1 is 1.03 bits per heavy atom. The molecule has 0 aliphatic rings. The minimum Gasteiger partial charge on any atom is -0.497 e. The van der Waals surface area contributed by atoms with Crippen LogP contribution in [0.5, 0.6) is 5.75 Å². The van der Waals surface area contributed by atoms with Crippen molar-refractivity contribution in [2.45, 2.75) is 13.1 Å². The third-order valence-corrected chi connectivity index (χ3v) is 4.96. The van der Waals surface area contributed by atoms with Gasteiger partial charge in [0.15, 0.2) is 0 Å². The highest BCUT2D eigenvalue weighted by Gasteiger charge is 2.34. The average Bonchev–Trinajstić information content (AvgIpc) is 3.09. The molecule has 0 aliphatic carbocycles. The molecule has 2 aromatic carbocycles. The molecule has 158 valence electrons. The van der Waals surface area contributed by atoms with Crippen LogP contribution in [0.2, 0.25) is 0 Å². The molecular weight excluding hydrogens is 407 g/mol. The number of ether oxygens (including phenoxy) is 1. The lowest BCUT2D eigenvalue weighted by Gasteiger charge is -2.13. The summed E-state index contributed by atoms with van der Waals surface area (Å²) in [5, 5.41) is 2.55. The van der Waals surface area contributed by atoms with Crippen LogP contribution in [-0.2, 0) is 6.18 Å². The standard InChI is InChI=1S/C23H18F3N3O2/c1-14-21(15-7-10-17(31-2)11-8-15)28-20-12-9-16(13-29(14)20)27-22(30)18-5-3-4-6-19(18)23(24,25)26/h3-13H,1-2H3,(H,27,30). The topological polar surface area (TPSA) is 55.6 Å². The smallest absolute Gasteiger partial charge is 0.417 e. The highest BCUT2D eigenvalue weighted by atomic mass is 19.4. The molecule has 0 bridgehead atoms. The number of carbonyl (C=O) groups is 1. The van der Waals surface area contributed by atoms with E-state index in [2.05, 4.69) is 10.3 Å². The molecule has 8 heteroatoms. The second-order valence-corrected chi connectivity index (χ2v) is 6.92. The number of nitrogens with one attached hydrogen (secondary N) is 1. The van der Waals surface area contributed by atoms with Crippen molar-refractivity contribution >= 4 is 17.2 Å². The molecule has 4 aromatic rings. The third-order valence-electron chi connectivity index (χ3n) is 4.96. The normalized spacial score (nSPS) is 11.5. The number of methoxy groups -OCH3 is 1. The predicted octanol–water partition coefficient (Wildman–Crippen LogP) is 5.59. The summed E-state index contributed by atoms with van der Waals surface area (Å²) < 4.78 is 46.6. The number of fused-ring (bicyclic) bond motifs is 1. The number of aromatic nitrogens is 2. The molecule has 2 aromatic heterocycles. The van der Waals surface area contributed by atoms with E-state index in [0.717, 1.165) is 34.8 Å². The fraction of sp³-hybridized carbons (Fsp3) is 0.130. The van der Waals surface area contributed by atoms with E-state index < -0.39 is 23.2 Å². The van der Waals surface area contributed by atoms with Gasteiger partial charge < -0.3 is 14.5 Å². The zero-order valence-corrected chi connectivity index (χ0v) is 16.7. The highest BCUT2D eigenvalue weighted by Crippen LogP contribution is 2.32. The number of nitrogens with zero attached hydrogens (tertiary/aromatic N) is 2. The molecule has 5 nitrogen and oxygen atoms in total. The Bertz CT molecular complexity index is 1260. The number of hydrogen-bond acceptors (Lipinski definition) is 3. The summed E-state index contributed by atoms with van der Waals surface area (Å²) in [5.74, 6) is -0.102. The van der Waals surface area contributed by atoms with Crippen molar-refractivity contribution in [3.8, 4) is 17.0 Å². The summed E-state index contributed by atoms with van der Waals surface area (Å²) in [6.45, 7) is 1.88. The number of halogens is 3. The highest BCUT2D eigenvalue weighted by molar-refractivity contribution is 6.05. The molecule has 0 atom stereocenters. The van der Waals surface area contributed by atoms with E-state index in [1.54, 1.807) is 29.8 Å². The van der Waals surface area contributed by atoms with Crippen LogP contribution in [0.15, 0.2) is 66.9 Å². The number of amides is 1. The van der Waals surface area contributed by atoms with Crippen LogP contribution in [0.4, 0.5) is 18.9 Å². The fourth-order valence-corrected chi connectivity index (χ4v) is 3.39. The molecule has 0 saturated heterocycles. The van der Waals surface area contributed by atoms with E-state index in [1.807, 2.05) is 31.2 Å². The maximum absolute atomic E-state index is 13.2. The molecule has 0 spiro atoms. The van der Waals surface area contributed by atoms with Crippen molar-refractivity contribution in [3.05, 3.63) is 83.7 Å². The molecule has 0 saturated carbocycles. The van der Waals surface area contributed by atoms with Crippen molar-refractivity contribution in [1.29, 1.82) is 0 Å². The zero-order chi connectivity index (χ0) is 22.2. The van der Waals surface area contributed by atoms with E-state index in [9.17, 15) is 18.0 Å². The quantitative estimate of drug-likeness (QED) is 0.464. The van der Waals surface area contributed by atoms with E-state index in [0.29, 0.717) is 11.3 Å². The number of hydrogen-bond donors (Lipinski definition) is 1. The first kappa shape index (κ1) is 20.5. The van der Waals surface area contributed by atoms with Crippen molar-refractivity contribution in [1.82, 2.24) is 9.38 Å². The monoisotopic (exact) mass is 425 g/mol. The lowest BCUT2D eigenvalue weighted by Crippen LogP contribution is -2.18. The van der Waals surface area contributed by atoms with Gasteiger partial charge in [-0.25, -0.2) is 4.98 Å². The summed E-state index contributed by atoms with van der Waals surface area (Å²) in [6, 6.07) is 15.5. The lowest BCUT2D eigenvalue weighted by atomic mass is 10.1. The lowest BCUT2D eigenvalue weighted by molar-refractivity contribution is -0.137. The van der Waals surface area contributed by atoms with Gasteiger partial charge in [0.05, 0.1) is 29.6 Å². The molecule has 0 aliphatic heterocycles. The Morgan fingerprint density at radius 2 is 1.74 bits per heavy atom. The van der Waals surface area contributed by atoms with Crippen LogP contribution in [0.1, 0.15) is 21.6 Å². The Labute approximate surface area is 176 Å². The zero-order valence-electron chi connectivity index (χ0n) is 16.7. The number of imidazole rings is 1. The van der Waals surface area contributed by atoms with Crippen LogP contribution in [-0.4, -0.2) is 22.4 Å². The summed E-state index contributed by atoms with van der Waals surface area (Å²) in [5.41, 5.74) is 2.08. The van der Waals surface area contributed by atoms with Gasteiger partial charge in [-0.15, -0.1) is 0 Å². The van der Waals surface area contributed by atoms with Crippen LogP contribution in [0, 0.1) is 6.92 Å². The van der Waals surface area contributed by atoms with E-state index in [1.165, 1.54) is 12.1 Å². The van der Waals surface area contributed by atoms with Crippen LogP contribution >= 0.6 is 0 Å². The van der Waals surface area contributed by atoms with Gasteiger partial charge in [-0.1, -0.05) is 12.1 Å². The van der Waals surface area contributed by atoms with Crippen LogP contribution in [0.25, 0.3) is 16.9 Å². The van der Waals surface area contributed by atoms with Crippen LogP contribution < -0.4 is 10.1 Å². The number of rotatable bonds is 4. The van der Waals surface area contributed by atoms with Crippen molar-refractivity contribution in [3.63, 3.8) is 0 Å². The van der Waals surface area contributed by atoms with Crippen molar-refractivity contribution in [2.24, 2.45) is 0 Å². The SMILES string of the molecule is COc1ccc(-c2nc3ccc(NC(=O)c4ccccc4C(F)(F)F)cn3c2C)cc1. The number of anilines is 1. The summed E-state index contributed by atoms with van der Waals surface area (Å²) in [4.78, 5) is 17.2. The fourth-order valence-electron chi connectivity index (χ4n) is 3.39. The molecular formula is C23H18F3N3O2. The van der Waals surface area contributed by atoms with Crippen molar-refractivity contribution < 1.29 is 22.7 Å². The first-order chi connectivity index (χ1) is 14.8. The molecule has 0 unspecified atom stereocenters. The number of pyridine rings is 1. The maximum Gasteiger partial charge on any atom is 0.417 e. The van der Waals surface area contributed by atoms with Gasteiger partial charge in [-0.2, -0.15) is 13.2 Å². The molecule has 1 N–H and O–H groups in total. The third kappa shape index (κ3) is 3.96. The van der Waals surface area contributed by atoms with Gasteiger partial charge >= 0.3 is 6.18 Å². The first-order valence-corrected chi connectivity index (χ1v) is 9.38. The molecule has 31 heavy (non-hydrogen) atoms. The second-order valence-electron chi connectivity index (χ2n) is 6.92. The summed E-state index contributed by atoms with van der Waals surface area (Å²) in [7, 11) is 1.59. The Kier molecular flexibility index (Phi) is 5.14.